The third kappa shape index (κ3) is 4.78. The Hall–Kier alpha value is -4.05. The maximum Gasteiger partial charge on any atom is 0.338 e. The molecule has 1 aliphatic rings. The second-order valence-electron chi connectivity index (χ2n) is 8.16. The van der Waals surface area contributed by atoms with Crippen LogP contribution in [0.2, 0.25) is 0 Å². The van der Waals surface area contributed by atoms with Gasteiger partial charge < -0.3 is 9.47 Å². The van der Waals surface area contributed by atoms with Gasteiger partial charge >= 0.3 is 5.97 Å². The number of nitrogens with zero attached hydrogens (tertiary/aromatic N) is 3. The van der Waals surface area contributed by atoms with Crippen LogP contribution in [0.25, 0.3) is 6.08 Å². The Morgan fingerprint density at radius 3 is 2.57 bits per heavy atom. The van der Waals surface area contributed by atoms with Gasteiger partial charge in [-0.05, 0) is 50.1 Å². The number of nitro groups is 1. The summed E-state index contributed by atoms with van der Waals surface area (Å²) in [4.78, 5) is 42.3. The number of thiazole rings is 1. The molecule has 0 aliphatic carbocycles. The third-order valence-corrected chi connectivity index (χ3v) is 6.38. The Morgan fingerprint density at radius 2 is 1.94 bits per heavy atom. The van der Waals surface area contributed by atoms with Crippen LogP contribution in [0.1, 0.15) is 37.9 Å². The minimum atomic E-state index is -0.754. The van der Waals surface area contributed by atoms with Gasteiger partial charge in [-0.2, -0.15) is 0 Å². The number of nitro benzene ring substituents is 1. The number of benzene rings is 2. The van der Waals surface area contributed by atoms with E-state index in [1.807, 2.05) is 0 Å². The molecule has 1 aliphatic heterocycles. The molecule has 180 valence electrons. The topological polar surface area (TPSA) is 113 Å². The zero-order valence-electron chi connectivity index (χ0n) is 19.6. The first-order chi connectivity index (χ1) is 16.7. The van der Waals surface area contributed by atoms with E-state index in [-0.39, 0.29) is 22.9 Å². The number of rotatable bonds is 6. The van der Waals surface area contributed by atoms with Crippen LogP contribution < -0.4 is 19.6 Å². The van der Waals surface area contributed by atoms with Gasteiger partial charge in [0.1, 0.15) is 5.75 Å². The molecule has 0 radical (unpaired) electrons. The van der Waals surface area contributed by atoms with Gasteiger partial charge in [0.15, 0.2) is 4.80 Å². The molecule has 0 bridgehead atoms. The lowest BCUT2D eigenvalue weighted by atomic mass is 9.96. The van der Waals surface area contributed by atoms with Crippen molar-refractivity contribution in [2.24, 2.45) is 4.99 Å². The van der Waals surface area contributed by atoms with Crippen LogP contribution in [0.4, 0.5) is 5.69 Å². The van der Waals surface area contributed by atoms with Crippen molar-refractivity contribution in [3.63, 3.8) is 0 Å². The number of hydrogen-bond donors (Lipinski definition) is 0. The quantitative estimate of drug-likeness (QED) is 0.296. The lowest BCUT2D eigenvalue weighted by Crippen LogP contribution is -2.40. The first-order valence-corrected chi connectivity index (χ1v) is 11.6. The van der Waals surface area contributed by atoms with Crippen molar-refractivity contribution in [3.8, 4) is 5.75 Å². The highest BCUT2D eigenvalue weighted by Gasteiger charge is 2.33. The number of allylic oxidation sites excluding steroid dienone is 1. The first kappa shape index (κ1) is 24.1. The van der Waals surface area contributed by atoms with E-state index < -0.39 is 16.9 Å². The molecule has 0 saturated heterocycles. The van der Waals surface area contributed by atoms with Crippen molar-refractivity contribution in [1.29, 1.82) is 0 Å². The summed E-state index contributed by atoms with van der Waals surface area (Å²) in [5, 5.41) is 11.1. The van der Waals surface area contributed by atoms with Gasteiger partial charge in [-0.25, -0.2) is 9.79 Å². The Morgan fingerprint density at radius 1 is 1.23 bits per heavy atom. The van der Waals surface area contributed by atoms with Crippen molar-refractivity contribution in [2.75, 3.05) is 7.11 Å². The molecular formula is C25H23N3O6S. The maximum absolute atomic E-state index is 13.6. The van der Waals surface area contributed by atoms with Gasteiger partial charge in [0.25, 0.3) is 11.2 Å². The molecule has 4 rings (SSSR count). The van der Waals surface area contributed by atoms with Gasteiger partial charge in [0, 0.05) is 12.1 Å². The van der Waals surface area contributed by atoms with Crippen LogP contribution in [0.15, 0.2) is 69.6 Å². The molecule has 3 aromatic rings. The SMILES string of the molecule is COc1ccc(C2C(C(=O)OC(C)C)=C(C)N=c3s/c(=C\c4cccc([N+](=O)[O-])c4)c(=O)n32)cc1. The highest BCUT2D eigenvalue weighted by Crippen LogP contribution is 2.31. The number of methoxy groups -OCH3 is 1. The van der Waals surface area contributed by atoms with Gasteiger partial charge in [0.2, 0.25) is 0 Å². The van der Waals surface area contributed by atoms with E-state index in [1.54, 1.807) is 70.4 Å². The van der Waals surface area contributed by atoms with Gasteiger partial charge in [0.05, 0.1) is 40.0 Å². The van der Waals surface area contributed by atoms with E-state index >= 15 is 0 Å². The molecule has 2 aromatic carbocycles. The fraction of sp³-hybridized carbons (Fsp3) is 0.240. The maximum atomic E-state index is 13.6. The molecule has 0 amide bonds. The second kappa shape index (κ2) is 9.67. The molecular weight excluding hydrogens is 470 g/mol. The number of ether oxygens (including phenoxy) is 2. The van der Waals surface area contributed by atoms with Crippen LogP contribution in [0, 0.1) is 10.1 Å². The second-order valence-corrected chi connectivity index (χ2v) is 9.17. The summed E-state index contributed by atoms with van der Waals surface area (Å²) in [6.07, 6.45) is 1.24. The Balaban J connectivity index is 1.92. The summed E-state index contributed by atoms with van der Waals surface area (Å²) in [5.74, 6) is 0.0915. The lowest BCUT2D eigenvalue weighted by Gasteiger charge is -2.25. The first-order valence-electron chi connectivity index (χ1n) is 10.8. The minimum absolute atomic E-state index is 0.0720. The van der Waals surface area contributed by atoms with Gasteiger partial charge in [-0.15, -0.1) is 0 Å². The van der Waals surface area contributed by atoms with E-state index in [1.165, 1.54) is 16.7 Å². The van der Waals surface area contributed by atoms with E-state index in [9.17, 15) is 19.7 Å². The Kier molecular flexibility index (Phi) is 6.65. The summed E-state index contributed by atoms with van der Waals surface area (Å²) in [6, 6.07) is 12.4. The predicted molar refractivity (Wildman–Crippen MR) is 131 cm³/mol. The summed E-state index contributed by atoms with van der Waals surface area (Å²) >= 11 is 1.16. The van der Waals surface area contributed by atoms with E-state index in [4.69, 9.17) is 9.47 Å². The molecule has 1 aromatic heterocycles. The normalized spacial score (nSPS) is 15.6. The van der Waals surface area contributed by atoms with E-state index in [0.717, 1.165) is 11.3 Å². The Labute approximate surface area is 204 Å². The molecule has 0 saturated carbocycles. The molecule has 0 N–H and O–H groups in total. The summed E-state index contributed by atoms with van der Waals surface area (Å²) in [5.41, 5.74) is 1.51. The number of carbonyl (C=O) groups excluding carboxylic acids is 1. The van der Waals surface area contributed by atoms with Gasteiger partial charge in [-0.1, -0.05) is 35.6 Å². The Bertz CT molecular complexity index is 1520. The van der Waals surface area contributed by atoms with E-state index in [2.05, 4.69) is 4.99 Å². The number of fused-ring (bicyclic) bond motifs is 1. The third-order valence-electron chi connectivity index (χ3n) is 5.39. The molecule has 0 fully saturated rings. The zero-order valence-corrected chi connectivity index (χ0v) is 20.4. The highest BCUT2D eigenvalue weighted by atomic mass is 32.1. The summed E-state index contributed by atoms with van der Waals surface area (Å²) < 4.78 is 12.6. The molecule has 35 heavy (non-hydrogen) atoms. The van der Waals surface area contributed by atoms with Crippen LogP contribution in [0.3, 0.4) is 0 Å². The lowest BCUT2D eigenvalue weighted by molar-refractivity contribution is -0.384. The average Bonchev–Trinajstić information content (AvgIpc) is 3.12. The standard InChI is InChI=1S/C25H23N3O6S/c1-14(2)34-24(30)21-15(3)26-25-27(22(21)17-8-10-19(33-4)11-9-17)23(29)20(35-25)13-16-6-5-7-18(12-16)28(31)32/h5-14,22H,1-4H3/b20-13-. The number of carbonyl (C=O) groups is 1. The largest absolute Gasteiger partial charge is 0.497 e. The average molecular weight is 494 g/mol. The number of non-ortho nitro benzene ring substituents is 1. The van der Waals surface area contributed by atoms with Crippen molar-refractivity contribution in [1.82, 2.24) is 4.57 Å². The van der Waals surface area contributed by atoms with E-state index in [0.29, 0.717) is 31.9 Å². The van der Waals surface area contributed by atoms with Crippen molar-refractivity contribution >= 4 is 29.1 Å². The highest BCUT2D eigenvalue weighted by molar-refractivity contribution is 7.07. The zero-order chi connectivity index (χ0) is 25.3. The molecule has 1 unspecified atom stereocenters. The fourth-order valence-electron chi connectivity index (χ4n) is 3.84. The van der Waals surface area contributed by atoms with Crippen molar-refractivity contribution < 1.29 is 19.2 Å². The number of esters is 1. The molecule has 0 spiro atoms. The smallest absolute Gasteiger partial charge is 0.338 e. The van der Waals surface area contributed by atoms with Crippen molar-refractivity contribution in [3.05, 3.63) is 101 Å². The van der Waals surface area contributed by atoms with Crippen molar-refractivity contribution in [2.45, 2.75) is 32.9 Å². The minimum Gasteiger partial charge on any atom is -0.497 e. The van der Waals surface area contributed by atoms with Crippen LogP contribution in [-0.2, 0) is 9.53 Å². The van der Waals surface area contributed by atoms with Crippen LogP contribution in [0.5, 0.6) is 5.75 Å². The van der Waals surface area contributed by atoms with Crippen LogP contribution in [-0.4, -0.2) is 28.7 Å². The monoisotopic (exact) mass is 493 g/mol. The van der Waals surface area contributed by atoms with Crippen LogP contribution >= 0.6 is 11.3 Å². The number of hydrogen-bond acceptors (Lipinski definition) is 8. The molecule has 9 nitrogen and oxygen atoms in total. The molecule has 2 heterocycles. The molecule has 10 heteroatoms. The predicted octanol–water partition coefficient (Wildman–Crippen LogP) is 3.10. The number of aromatic nitrogens is 1. The summed E-state index contributed by atoms with van der Waals surface area (Å²) in [7, 11) is 1.56. The summed E-state index contributed by atoms with van der Waals surface area (Å²) in [6.45, 7) is 5.22. The van der Waals surface area contributed by atoms with Gasteiger partial charge in [-0.3, -0.25) is 19.5 Å². The fourth-order valence-corrected chi connectivity index (χ4v) is 4.89. The molecule has 1 atom stereocenters.